The molecule has 3 heterocycles. The van der Waals surface area contributed by atoms with Crippen LogP contribution in [0.3, 0.4) is 0 Å². The Morgan fingerprint density at radius 1 is 1.32 bits per heavy atom. The van der Waals surface area contributed by atoms with Crippen LogP contribution in [0.25, 0.3) is 0 Å². The second-order valence-corrected chi connectivity index (χ2v) is 10.2. The fraction of sp³-hybridized carbons (Fsp3) is 0.722. The van der Waals surface area contributed by atoms with Crippen LogP contribution in [0.2, 0.25) is 0 Å². The summed E-state index contributed by atoms with van der Waals surface area (Å²) in [5.74, 6) is 0.792. The lowest BCUT2D eigenvalue weighted by Crippen LogP contribution is -2.53. The number of nitrogens with one attached hydrogen (secondary N) is 2. The highest BCUT2D eigenvalue weighted by atomic mass is 32.2. The summed E-state index contributed by atoms with van der Waals surface area (Å²) in [6.07, 6.45) is 2.34. The van der Waals surface area contributed by atoms with Gasteiger partial charge in [0.05, 0.1) is 19.3 Å². The molecular weight excluding hydrogens is 400 g/mol. The van der Waals surface area contributed by atoms with Crippen molar-refractivity contribution in [2.24, 2.45) is 4.99 Å². The van der Waals surface area contributed by atoms with E-state index in [-0.39, 0.29) is 18.8 Å². The number of guanidine groups is 1. The number of aliphatic imine (C=N–C) groups is 1. The standard InChI is InChI=1S/C18H30N4O4S2/c1-3-19-18(22-10-12-26-16(13-22)15-5-4-11-25-15)20-8-9-21-28(23,24)17-7-6-14(2)27-17/h6-7,15-16,21H,3-5,8-13H2,1-2H3,(H,19,20). The highest BCUT2D eigenvalue weighted by Gasteiger charge is 2.32. The largest absolute Gasteiger partial charge is 0.375 e. The molecule has 1 aromatic rings. The van der Waals surface area contributed by atoms with Crippen LogP contribution in [0.1, 0.15) is 24.6 Å². The Balaban J connectivity index is 1.54. The highest BCUT2D eigenvalue weighted by molar-refractivity contribution is 7.91. The summed E-state index contributed by atoms with van der Waals surface area (Å²) in [6, 6.07) is 3.44. The molecule has 0 saturated carbocycles. The lowest BCUT2D eigenvalue weighted by Gasteiger charge is -2.37. The maximum Gasteiger partial charge on any atom is 0.250 e. The number of aryl methyl sites for hydroxylation is 1. The van der Waals surface area contributed by atoms with Gasteiger partial charge in [-0.25, -0.2) is 13.1 Å². The molecule has 2 N–H and O–H groups in total. The Hall–Kier alpha value is -1.20. The van der Waals surface area contributed by atoms with Gasteiger partial charge in [-0.3, -0.25) is 4.99 Å². The van der Waals surface area contributed by atoms with Crippen LogP contribution in [-0.2, 0) is 19.5 Å². The lowest BCUT2D eigenvalue weighted by atomic mass is 10.1. The molecule has 8 nitrogen and oxygen atoms in total. The molecule has 2 aliphatic rings. The molecule has 158 valence electrons. The van der Waals surface area contributed by atoms with E-state index in [9.17, 15) is 8.42 Å². The van der Waals surface area contributed by atoms with Gasteiger partial charge >= 0.3 is 0 Å². The van der Waals surface area contributed by atoms with Crippen LogP contribution in [-0.4, -0.2) is 77.4 Å². The SMILES string of the molecule is CCNC(=NCCNS(=O)(=O)c1ccc(C)s1)N1CCOC(C2CCCO2)C1. The molecule has 0 amide bonds. The number of thiophene rings is 1. The minimum atomic E-state index is -3.47. The van der Waals surface area contributed by atoms with Gasteiger partial charge in [0, 0.05) is 37.7 Å². The summed E-state index contributed by atoms with van der Waals surface area (Å²) in [6.45, 7) is 8.23. The average molecular weight is 431 g/mol. The summed E-state index contributed by atoms with van der Waals surface area (Å²) in [4.78, 5) is 7.76. The van der Waals surface area contributed by atoms with Crippen LogP contribution in [0, 0.1) is 6.92 Å². The zero-order chi connectivity index (χ0) is 20.0. The van der Waals surface area contributed by atoms with Crippen molar-refractivity contribution in [3.63, 3.8) is 0 Å². The topological polar surface area (TPSA) is 92.3 Å². The zero-order valence-corrected chi connectivity index (χ0v) is 18.2. The second-order valence-electron chi connectivity index (χ2n) is 6.91. The molecule has 0 spiro atoms. The van der Waals surface area contributed by atoms with E-state index in [0.29, 0.717) is 17.4 Å². The summed E-state index contributed by atoms with van der Waals surface area (Å²) < 4.78 is 39.2. The fourth-order valence-corrected chi connectivity index (χ4v) is 5.73. The molecule has 1 aromatic heterocycles. The molecule has 10 heteroatoms. The second kappa shape index (κ2) is 10.0. The predicted molar refractivity (Wildman–Crippen MR) is 111 cm³/mol. The number of rotatable bonds is 7. The van der Waals surface area contributed by atoms with Crippen LogP contribution in [0.15, 0.2) is 21.3 Å². The maximum absolute atomic E-state index is 12.3. The fourth-order valence-electron chi connectivity index (χ4n) is 3.38. The van der Waals surface area contributed by atoms with E-state index in [1.165, 1.54) is 11.3 Å². The van der Waals surface area contributed by atoms with E-state index in [4.69, 9.17) is 9.47 Å². The van der Waals surface area contributed by atoms with E-state index in [1.54, 1.807) is 6.07 Å². The molecule has 28 heavy (non-hydrogen) atoms. The third-order valence-electron chi connectivity index (χ3n) is 4.75. The number of ether oxygens (including phenoxy) is 2. The van der Waals surface area contributed by atoms with Crippen molar-refractivity contribution in [1.82, 2.24) is 14.9 Å². The smallest absolute Gasteiger partial charge is 0.250 e. The Kier molecular flexibility index (Phi) is 7.69. The first-order valence-corrected chi connectivity index (χ1v) is 12.1. The third-order valence-corrected chi connectivity index (χ3v) is 7.71. The molecule has 0 aliphatic carbocycles. The van der Waals surface area contributed by atoms with E-state index in [2.05, 4.69) is 19.9 Å². The van der Waals surface area contributed by atoms with Gasteiger partial charge in [0.2, 0.25) is 10.0 Å². The van der Waals surface area contributed by atoms with Gasteiger partial charge in [-0.2, -0.15) is 0 Å². The van der Waals surface area contributed by atoms with Gasteiger partial charge in [0.15, 0.2) is 5.96 Å². The molecule has 2 atom stereocenters. The van der Waals surface area contributed by atoms with E-state index < -0.39 is 10.0 Å². The molecule has 0 bridgehead atoms. The third kappa shape index (κ3) is 5.66. The van der Waals surface area contributed by atoms with Crippen molar-refractivity contribution in [3.05, 3.63) is 17.0 Å². The number of hydrogen-bond donors (Lipinski definition) is 2. The molecule has 2 fully saturated rings. The molecule has 0 aromatic carbocycles. The Morgan fingerprint density at radius 3 is 2.82 bits per heavy atom. The van der Waals surface area contributed by atoms with Gasteiger partial charge in [0.25, 0.3) is 0 Å². The number of sulfonamides is 1. The van der Waals surface area contributed by atoms with Crippen molar-refractivity contribution in [2.45, 2.75) is 43.1 Å². The molecule has 2 aliphatic heterocycles. The molecule has 3 rings (SSSR count). The van der Waals surface area contributed by atoms with E-state index in [1.807, 2.05) is 19.9 Å². The van der Waals surface area contributed by atoms with Crippen LogP contribution in [0.4, 0.5) is 0 Å². The number of nitrogens with zero attached hydrogens (tertiary/aromatic N) is 2. The number of hydrogen-bond acceptors (Lipinski definition) is 6. The predicted octanol–water partition coefficient (Wildman–Crippen LogP) is 1.18. The Labute approximate surface area is 171 Å². The summed E-state index contributed by atoms with van der Waals surface area (Å²) in [5.41, 5.74) is 0. The van der Waals surface area contributed by atoms with Gasteiger partial charge < -0.3 is 19.7 Å². The molecular formula is C18H30N4O4S2. The van der Waals surface area contributed by atoms with Crippen LogP contribution in [0.5, 0.6) is 0 Å². The minimum Gasteiger partial charge on any atom is -0.375 e. The summed E-state index contributed by atoms with van der Waals surface area (Å²) in [7, 11) is -3.47. The molecule has 2 unspecified atom stereocenters. The zero-order valence-electron chi connectivity index (χ0n) is 16.5. The van der Waals surface area contributed by atoms with Crippen LogP contribution < -0.4 is 10.0 Å². The Morgan fingerprint density at radius 2 is 2.14 bits per heavy atom. The van der Waals surface area contributed by atoms with Crippen molar-refractivity contribution < 1.29 is 17.9 Å². The van der Waals surface area contributed by atoms with Crippen molar-refractivity contribution in [2.75, 3.05) is 45.9 Å². The minimum absolute atomic E-state index is 0.0562. The number of morpholine rings is 1. The first kappa shape index (κ1) is 21.5. The van der Waals surface area contributed by atoms with Gasteiger partial charge in [-0.05, 0) is 38.8 Å². The summed E-state index contributed by atoms with van der Waals surface area (Å²) in [5, 5.41) is 3.30. The average Bonchev–Trinajstić information content (AvgIpc) is 3.36. The van der Waals surface area contributed by atoms with Crippen molar-refractivity contribution >= 4 is 27.3 Å². The molecule has 0 radical (unpaired) electrons. The maximum atomic E-state index is 12.3. The lowest BCUT2D eigenvalue weighted by molar-refractivity contribution is -0.0817. The first-order valence-electron chi connectivity index (χ1n) is 9.82. The summed E-state index contributed by atoms with van der Waals surface area (Å²) >= 11 is 1.27. The van der Waals surface area contributed by atoms with Crippen molar-refractivity contribution in [1.29, 1.82) is 0 Å². The Bertz CT molecular complexity index is 759. The van der Waals surface area contributed by atoms with Crippen LogP contribution >= 0.6 is 11.3 Å². The highest BCUT2D eigenvalue weighted by Crippen LogP contribution is 2.21. The molecule has 2 saturated heterocycles. The van der Waals surface area contributed by atoms with Gasteiger partial charge in [-0.15, -0.1) is 11.3 Å². The van der Waals surface area contributed by atoms with E-state index in [0.717, 1.165) is 49.9 Å². The quantitative estimate of drug-likeness (QED) is 0.383. The van der Waals surface area contributed by atoms with Crippen molar-refractivity contribution in [3.8, 4) is 0 Å². The van der Waals surface area contributed by atoms with Gasteiger partial charge in [0.1, 0.15) is 10.3 Å². The van der Waals surface area contributed by atoms with Gasteiger partial charge in [-0.1, -0.05) is 0 Å². The first-order chi connectivity index (χ1) is 13.5. The van der Waals surface area contributed by atoms with E-state index >= 15 is 0 Å². The monoisotopic (exact) mass is 430 g/mol. The normalized spacial score (nSPS) is 23.9.